The third kappa shape index (κ3) is 5.52. The van der Waals surface area contributed by atoms with Gasteiger partial charge in [-0.25, -0.2) is 9.59 Å². The number of esters is 2. The number of carbonyl (C=O) groups excluding carboxylic acids is 2. The number of hydrogen-bond donors (Lipinski definition) is 2. The SMILES string of the molecule is COC(=O)c1sc(NC(=S)Nc2ccc(OC(F)F)c(Cl)c2)c(C(=O)OC)c1C. The fourth-order valence-corrected chi connectivity index (χ4v) is 3.90. The number of hydrogen-bond acceptors (Lipinski definition) is 7. The van der Waals surface area contributed by atoms with Crippen molar-refractivity contribution in [3.8, 4) is 5.75 Å². The third-order valence-corrected chi connectivity index (χ3v) is 5.23. The van der Waals surface area contributed by atoms with E-state index in [9.17, 15) is 18.4 Å². The molecule has 1 aromatic heterocycles. The van der Waals surface area contributed by atoms with Crippen LogP contribution in [-0.4, -0.2) is 37.9 Å². The second-order valence-electron chi connectivity index (χ2n) is 5.35. The molecule has 0 spiro atoms. The zero-order valence-electron chi connectivity index (χ0n) is 15.3. The van der Waals surface area contributed by atoms with Crippen LogP contribution >= 0.6 is 35.2 Å². The molecule has 2 N–H and O–H groups in total. The maximum atomic E-state index is 12.3. The van der Waals surface area contributed by atoms with Gasteiger partial charge >= 0.3 is 18.6 Å². The summed E-state index contributed by atoms with van der Waals surface area (Å²) in [5.74, 6) is -1.45. The minimum absolute atomic E-state index is 0.0479. The molecule has 0 atom stereocenters. The van der Waals surface area contributed by atoms with Gasteiger partial charge in [0, 0.05) is 5.69 Å². The van der Waals surface area contributed by atoms with E-state index in [-0.39, 0.29) is 31.3 Å². The maximum absolute atomic E-state index is 12.3. The molecule has 0 aliphatic rings. The lowest BCUT2D eigenvalue weighted by Gasteiger charge is -2.12. The maximum Gasteiger partial charge on any atom is 0.387 e. The molecule has 0 radical (unpaired) electrons. The minimum Gasteiger partial charge on any atom is -0.465 e. The van der Waals surface area contributed by atoms with Gasteiger partial charge in [-0.1, -0.05) is 11.6 Å². The summed E-state index contributed by atoms with van der Waals surface area (Å²) >= 11 is 12.1. The Kier molecular flexibility index (Phi) is 7.71. The lowest BCUT2D eigenvalue weighted by molar-refractivity contribution is -0.0497. The predicted octanol–water partition coefficient (Wildman–Crippen LogP) is 4.69. The summed E-state index contributed by atoms with van der Waals surface area (Å²) in [4.78, 5) is 24.3. The highest BCUT2D eigenvalue weighted by atomic mass is 35.5. The Labute approximate surface area is 178 Å². The van der Waals surface area contributed by atoms with Crippen LogP contribution in [0.15, 0.2) is 18.2 Å². The van der Waals surface area contributed by atoms with Crippen LogP contribution < -0.4 is 15.4 Å². The number of anilines is 2. The van der Waals surface area contributed by atoms with Crippen molar-refractivity contribution in [2.45, 2.75) is 13.5 Å². The first-order valence-corrected chi connectivity index (χ1v) is 9.40. The van der Waals surface area contributed by atoms with Gasteiger partial charge in [-0.05, 0) is 42.9 Å². The number of carbonyl (C=O) groups is 2. The van der Waals surface area contributed by atoms with Crippen LogP contribution in [0.4, 0.5) is 19.5 Å². The molecule has 1 heterocycles. The zero-order valence-corrected chi connectivity index (χ0v) is 17.7. The van der Waals surface area contributed by atoms with Gasteiger partial charge in [0.2, 0.25) is 0 Å². The summed E-state index contributed by atoms with van der Waals surface area (Å²) in [5, 5.41) is 5.90. The van der Waals surface area contributed by atoms with Crippen molar-refractivity contribution in [1.82, 2.24) is 0 Å². The van der Waals surface area contributed by atoms with Crippen molar-refractivity contribution in [2.24, 2.45) is 0 Å². The van der Waals surface area contributed by atoms with Gasteiger partial charge in [0.1, 0.15) is 15.6 Å². The van der Waals surface area contributed by atoms with E-state index in [0.29, 0.717) is 11.3 Å². The Balaban J connectivity index is 2.23. The van der Waals surface area contributed by atoms with E-state index in [1.54, 1.807) is 6.92 Å². The van der Waals surface area contributed by atoms with Gasteiger partial charge in [0.15, 0.2) is 5.11 Å². The number of methoxy groups -OCH3 is 2. The molecule has 156 valence electrons. The lowest BCUT2D eigenvalue weighted by atomic mass is 10.1. The Hall–Kier alpha value is -2.50. The van der Waals surface area contributed by atoms with Gasteiger partial charge in [-0.3, -0.25) is 0 Å². The first-order chi connectivity index (χ1) is 13.7. The molecule has 7 nitrogen and oxygen atoms in total. The Morgan fingerprint density at radius 2 is 1.83 bits per heavy atom. The molecule has 12 heteroatoms. The van der Waals surface area contributed by atoms with E-state index in [1.807, 2.05) is 0 Å². The van der Waals surface area contributed by atoms with Crippen LogP contribution in [0.2, 0.25) is 5.02 Å². The number of alkyl halides is 2. The molecular weight excluding hydrogens is 450 g/mol. The van der Waals surface area contributed by atoms with Gasteiger partial charge in [-0.2, -0.15) is 8.78 Å². The molecule has 29 heavy (non-hydrogen) atoms. The normalized spacial score (nSPS) is 10.4. The van der Waals surface area contributed by atoms with Gasteiger partial charge in [-0.15, -0.1) is 11.3 Å². The molecule has 0 bridgehead atoms. The first-order valence-electron chi connectivity index (χ1n) is 7.80. The smallest absolute Gasteiger partial charge is 0.387 e. The molecule has 1 aromatic carbocycles. The number of nitrogens with one attached hydrogen (secondary N) is 2. The fourth-order valence-electron chi connectivity index (χ4n) is 2.27. The van der Waals surface area contributed by atoms with E-state index in [0.717, 1.165) is 11.3 Å². The lowest BCUT2D eigenvalue weighted by Crippen LogP contribution is -2.20. The molecule has 0 amide bonds. The molecule has 0 fully saturated rings. The number of ether oxygens (including phenoxy) is 3. The van der Waals surface area contributed by atoms with Crippen molar-refractivity contribution >= 4 is 62.9 Å². The van der Waals surface area contributed by atoms with Crippen molar-refractivity contribution < 1.29 is 32.6 Å². The molecule has 0 aliphatic carbocycles. The average Bonchev–Trinajstić information content (AvgIpc) is 2.98. The summed E-state index contributed by atoms with van der Waals surface area (Å²) in [6.07, 6.45) is 0. The van der Waals surface area contributed by atoms with Crippen molar-refractivity contribution in [3.05, 3.63) is 39.2 Å². The summed E-state index contributed by atoms with van der Waals surface area (Å²) in [7, 11) is 2.44. The zero-order chi connectivity index (χ0) is 21.7. The van der Waals surface area contributed by atoms with Crippen molar-refractivity contribution in [2.75, 3.05) is 24.9 Å². The molecule has 0 unspecified atom stereocenters. The molecule has 0 aliphatic heterocycles. The van der Waals surface area contributed by atoms with Crippen LogP contribution in [0, 0.1) is 6.92 Å². The van der Waals surface area contributed by atoms with E-state index in [4.69, 9.17) is 33.3 Å². The second-order valence-corrected chi connectivity index (χ2v) is 7.18. The summed E-state index contributed by atoms with van der Waals surface area (Å²) in [6.45, 7) is -1.42. The highest BCUT2D eigenvalue weighted by molar-refractivity contribution is 7.80. The Morgan fingerprint density at radius 3 is 2.38 bits per heavy atom. The number of benzene rings is 1. The standard InChI is InChI=1S/C17H15ClF2N2O5S2/c1-7-11(14(23)25-2)13(29-12(7)15(24)26-3)22-17(28)21-8-4-5-10(9(18)6-8)27-16(19)20/h4-6,16H,1-3H3,(H2,21,22,28). The third-order valence-electron chi connectivity index (χ3n) is 3.54. The van der Waals surface area contributed by atoms with Crippen LogP contribution in [0.25, 0.3) is 0 Å². The van der Waals surface area contributed by atoms with Crippen LogP contribution in [-0.2, 0) is 9.47 Å². The monoisotopic (exact) mass is 464 g/mol. The van der Waals surface area contributed by atoms with E-state index in [2.05, 4.69) is 15.4 Å². The summed E-state index contributed by atoms with van der Waals surface area (Å²) < 4.78 is 38.4. The largest absolute Gasteiger partial charge is 0.465 e. The van der Waals surface area contributed by atoms with Crippen molar-refractivity contribution in [1.29, 1.82) is 0 Å². The average molecular weight is 465 g/mol. The van der Waals surface area contributed by atoms with Gasteiger partial charge in [0.25, 0.3) is 0 Å². The number of rotatable bonds is 6. The molecule has 2 aromatic rings. The Morgan fingerprint density at radius 1 is 1.17 bits per heavy atom. The van der Waals surface area contributed by atoms with Crippen LogP contribution in [0.3, 0.4) is 0 Å². The minimum atomic E-state index is -3.00. The predicted molar refractivity (Wildman–Crippen MR) is 110 cm³/mol. The van der Waals surface area contributed by atoms with E-state index >= 15 is 0 Å². The number of halogens is 3. The molecular formula is C17H15ClF2N2O5S2. The van der Waals surface area contributed by atoms with Gasteiger partial charge in [0.05, 0.1) is 24.8 Å². The molecule has 0 saturated carbocycles. The molecule has 2 rings (SSSR count). The summed E-state index contributed by atoms with van der Waals surface area (Å²) in [5.41, 5.74) is 0.909. The van der Waals surface area contributed by atoms with E-state index < -0.39 is 18.6 Å². The van der Waals surface area contributed by atoms with Gasteiger partial charge < -0.3 is 24.8 Å². The fraction of sp³-hybridized carbons (Fsp3) is 0.235. The topological polar surface area (TPSA) is 85.9 Å². The summed E-state index contributed by atoms with van der Waals surface area (Å²) in [6, 6.07) is 4.02. The molecule has 0 saturated heterocycles. The second kappa shape index (κ2) is 9.81. The highest BCUT2D eigenvalue weighted by Crippen LogP contribution is 2.34. The Bertz CT molecular complexity index is 952. The highest BCUT2D eigenvalue weighted by Gasteiger charge is 2.26. The number of thiophene rings is 1. The van der Waals surface area contributed by atoms with Crippen molar-refractivity contribution in [3.63, 3.8) is 0 Å². The van der Waals surface area contributed by atoms with E-state index in [1.165, 1.54) is 32.4 Å². The van der Waals surface area contributed by atoms with Crippen LogP contribution in [0.1, 0.15) is 25.6 Å². The first kappa shape index (κ1) is 22.8. The van der Waals surface area contributed by atoms with Crippen LogP contribution in [0.5, 0.6) is 5.75 Å². The quantitative estimate of drug-likeness (QED) is 0.470. The number of thiocarbonyl (C=S) groups is 1.